The molecule has 0 heterocycles. The fraction of sp³-hybridized carbons (Fsp3) is 0.609. The molecule has 2 nitrogen and oxygen atoms in total. The van der Waals surface area contributed by atoms with Crippen molar-refractivity contribution in [3.05, 3.63) is 39.5 Å². The molecule has 5 heteroatoms. The third kappa shape index (κ3) is 9.44. The van der Waals surface area contributed by atoms with Crippen molar-refractivity contribution >= 4 is 48.8 Å². The summed E-state index contributed by atoms with van der Waals surface area (Å²) in [5.74, 6) is -0.376. The molecule has 1 aromatic carbocycles. The van der Waals surface area contributed by atoms with Crippen LogP contribution in [0.25, 0.3) is 6.08 Å². The van der Waals surface area contributed by atoms with Gasteiger partial charge in [0.05, 0.1) is 7.11 Å². The van der Waals surface area contributed by atoms with E-state index in [1.165, 1.54) is 67.7 Å². The number of halogens is 1. The summed E-state index contributed by atoms with van der Waals surface area (Å²) in [5.41, 5.74) is 1.13. The topological polar surface area (TPSA) is 26.3 Å². The molecular formula is C23H37BIO2P. The number of benzene rings is 1. The van der Waals surface area contributed by atoms with Crippen LogP contribution in [0.1, 0.15) is 64.9 Å². The standard InChI is InChI=1S/C23H37BIO2P/c1-5-8-17-28(18-9-6-2,19-10-7-3)24-22(23(26)27-4)16-13-20-11-14-21(25)15-12-20/h11-16,22H,5-10,17-19H2,1-4H3/b16-13+. The van der Waals surface area contributed by atoms with E-state index in [4.69, 9.17) is 4.74 Å². The first-order chi connectivity index (χ1) is 13.5. The van der Waals surface area contributed by atoms with E-state index < -0.39 is 7.14 Å². The van der Waals surface area contributed by atoms with Crippen molar-refractivity contribution in [1.82, 2.24) is 0 Å². The van der Waals surface area contributed by atoms with Gasteiger partial charge in [0, 0.05) is 22.1 Å². The Hall–Kier alpha value is -0.345. The fourth-order valence-corrected chi connectivity index (χ4v) is 8.65. The van der Waals surface area contributed by atoms with Crippen molar-refractivity contribution in [2.45, 2.75) is 65.1 Å². The van der Waals surface area contributed by atoms with E-state index in [2.05, 4.69) is 80.7 Å². The highest BCUT2D eigenvalue weighted by atomic mass is 127. The number of ether oxygens (including phenoxy) is 1. The normalized spacial score (nSPS) is 13.0. The van der Waals surface area contributed by atoms with Gasteiger partial charge < -0.3 is 4.74 Å². The quantitative estimate of drug-likeness (QED) is 0.113. The van der Waals surface area contributed by atoms with E-state index in [9.17, 15) is 4.79 Å². The highest BCUT2D eigenvalue weighted by molar-refractivity contribution is 14.1. The molecule has 0 aromatic heterocycles. The van der Waals surface area contributed by atoms with Crippen LogP contribution < -0.4 is 0 Å². The average Bonchev–Trinajstić information content (AvgIpc) is 2.72. The zero-order valence-corrected chi connectivity index (χ0v) is 21.2. The van der Waals surface area contributed by atoms with Crippen LogP contribution in [0.15, 0.2) is 30.3 Å². The minimum absolute atomic E-state index is 0.129. The van der Waals surface area contributed by atoms with Gasteiger partial charge in [-0.2, -0.15) is 0 Å². The van der Waals surface area contributed by atoms with Crippen LogP contribution in [0.4, 0.5) is 0 Å². The second-order valence-electron chi connectivity index (χ2n) is 7.56. The molecule has 1 rings (SSSR count). The molecule has 2 radical (unpaired) electrons. The maximum absolute atomic E-state index is 12.6. The van der Waals surface area contributed by atoms with Crippen molar-refractivity contribution in [3.8, 4) is 0 Å². The van der Waals surface area contributed by atoms with Gasteiger partial charge in [0.25, 0.3) is 5.97 Å². The Balaban J connectivity index is 3.08. The van der Waals surface area contributed by atoms with Gasteiger partial charge in [-0.05, 0) is 59.5 Å². The van der Waals surface area contributed by atoms with Crippen LogP contribution in [0.3, 0.4) is 0 Å². The Morgan fingerprint density at radius 3 is 1.96 bits per heavy atom. The molecule has 0 fully saturated rings. The van der Waals surface area contributed by atoms with Crippen LogP contribution in [0, 0.1) is 3.57 Å². The molecule has 0 aliphatic rings. The van der Waals surface area contributed by atoms with Crippen LogP contribution in [-0.2, 0) is 9.53 Å². The lowest BCUT2D eigenvalue weighted by Crippen LogP contribution is -2.23. The first-order valence-electron chi connectivity index (χ1n) is 10.7. The number of unbranched alkanes of at least 4 members (excludes halogenated alkanes) is 3. The molecule has 0 saturated heterocycles. The van der Waals surface area contributed by atoms with Gasteiger partial charge in [0.2, 0.25) is 0 Å². The van der Waals surface area contributed by atoms with Crippen LogP contribution in [-0.4, -0.2) is 38.6 Å². The van der Waals surface area contributed by atoms with Gasteiger partial charge in [-0.1, -0.05) is 71.1 Å². The maximum atomic E-state index is 12.6. The van der Waals surface area contributed by atoms with E-state index in [0.29, 0.717) is 0 Å². The van der Waals surface area contributed by atoms with Crippen LogP contribution >= 0.6 is 29.7 Å². The number of esters is 1. The Labute approximate surface area is 188 Å². The zero-order valence-electron chi connectivity index (χ0n) is 18.1. The second kappa shape index (κ2) is 14.6. The molecule has 28 heavy (non-hydrogen) atoms. The zero-order chi connectivity index (χ0) is 20.8. The minimum Gasteiger partial charge on any atom is -0.471 e. The lowest BCUT2D eigenvalue weighted by molar-refractivity contribution is -0.139. The Kier molecular flexibility index (Phi) is 13.4. The summed E-state index contributed by atoms with van der Waals surface area (Å²) < 4.78 is 6.39. The SMILES string of the molecule is CCCC[P+]([B-]C(/C=C/c1ccc(I)cc1)C(=O)OC)(CCCC)CCCC. The molecule has 1 unspecified atom stereocenters. The summed E-state index contributed by atoms with van der Waals surface area (Å²) in [6.07, 6.45) is 15.4. The summed E-state index contributed by atoms with van der Waals surface area (Å²) >= 11 is 2.31. The van der Waals surface area contributed by atoms with E-state index in [1.54, 1.807) is 0 Å². The molecule has 0 N–H and O–H groups in total. The predicted octanol–water partition coefficient (Wildman–Crippen LogP) is 7.30. The largest absolute Gasteiger partial charge is 0.471 e. The Bertz CT molecular complexity index is 567. The number of hydrogen-bond donors (Lipinski definition) is 0. The Morgan fingerprint density at radius 2 is 1.54 bits per heavy atom. The molecule has 0 saturated carbocycles. The molecule has 1 atom stereocenters. The number of rotatable bonds is 14. The molecule has 0 aliphatic heterocycles. The van der Waals surface area contributed by atoms with Crippen molar-refractivity contribution in [3.63, 3.8) is 0 Å². The maximum Gasteiger partial charge on any atom is 0.274 e. The molecule has 0 bridgehead atoms. The van der Waals surface area contributed by atoms with E-state index in [1.807, 2.05) is 6.08 Å². The lowest BCUT2D eigenvalue weighted by atomic mass is 9.85. The molecule has 0 amide bonds. The summed E-state index contributed by atoms with van der Waals surface area (Å²) in [4.78, 5) is 12.6. The number of methoxy groups -OCH3 is 1. The molecule has 0 aliphatic carbocycles. The second-order valence-corrected chi connectivity index (χ2v) is 12.9. The number of carbonyl (C=O) groups is 1. The summed E-state index contributed by atoms with van der Waals surface area (Å²) in [6, 6.07) is 8.39. The third-order valence-corrected chi connectivity index (χ3v) is 10.5. The van der Waals surface area contributed by atoms with Gasteiger partial charge in [0.15, 0.2) is 0 Å². The minimum atomic E-state index is -1.28. The van der Waals surface area contributed by atoms with Gasteiger partial charge in [-0.15, -0.1) is 6.08 Å². The van der Waals surface area contributed by atoms with Crippen molar-refractivity contribution in [1.29, 1.82) is 0 Å². The lowest BCUT2D eigenvalue weighted by Gasteiger charge is -2.42. The smallest absolute Gasteiger partial charge is 0.274 e. The fourth-order valence-electron chi connectivity index (χ4n) is 3.43. The highest BCUT2D eigenvalue weighted by Gasteiger charge is 2.28. The van der Waals surface area contributed by atoms with Crippen molar-refractivity contribution in [2.75, 3.05) is 25.6 Å². The van der Waals surface area contributed by atoms with Gasteiger partial charge >= 0.3 is 0 Å². The van der Waals surface area contributed by atoms with Gasteiger partial charge in [0.1, 0.15) is 0 Å². The molecule has 1 aromatic rings. The van der Waals surface area contributed by atoms with Gasteiger partial charge in [-0.3, -0.25) is 4.79 Å². The number of hydrogen-bond acceptors (Lipinski definition) is 2. The van der Waals surface area contributed by atoms with E-state index >= 15 is 0 Å². The molecule has 0 spiro atoms. The first-order valence-corrected chi connectivity index (χ1v) is 14.2. The summed E-state index contributed by atoms with van der Waals surface area (Å²) in [7, 11) is 0.230. The van der Waals surface area contributed by atoms with Crippen LogP contribution in [0.2, 0.25) is 5.82 Å². The number of carbonyl (C=O) groups excluding carboxylic acids is 1. The molecule has 156 valence electrons. The average molecular weight is 514 g/mol. The van der Waals surface area contributed by atoms with E-state index in [0.717, 1.165) is 5.56 Å². The predicted molar refractivity (Wildman–Crippen MR) is 136 cm³/mol. The first kappa shape index (κ1) is 25.7. The summed E-state index contributed by atoms with van der Waals surface area (Å²) in [5, 5.41) is 0. The van der Waals surface area contributed by atoms with Crippen molar-refractivity contribution < 1.29 is 9.53 Å². The van der Waals surface area contributed by atoms with Crippen molar-refractivity contribution in [2.24, 2.45) is 0 Å². The Morgan fingerprint density at radius 1 is 1.04 bits per heavy atom. The van der Waals surface area contributed by atoms with E-state index in [-0.39, 0.29) is 11.8 Å². The third-order valence-electron chi connectivity index (χ3n) is 5.19. The summed E-state index contributed by atoms with van der Waals surface area (Å²) in [6.45, 7) is 9.23. The van der Waals surface area contributed by atoms with Crippen LogP contribution in [0.5, 0.6) is 0 Å². The van der Waals surface area contributed by atoms with Gasteiger partial charge in [-0.25, -0.2) is 7.14 Å². The monoisotopic (exact) mass is 514 g/mol. The highest BCUT2D eigenvalue weighted by Crippen LogP contribution is 2.61. The molecular weight excluding hydrogens is 477 g/mol.